The van der Waals surface area contributed by atoms with E-state index in [2.05, 4.69) is 37.9 Å². The van der Waals surface area contributed by atoms with Crippen molar-refractivity contribution in [2.75, 3.05) is 53.0 Å². The Morgan fingerprint density at radius 3 is 2.50 bits per heavy atom. The normalized spacial score (nSPS) is 19.5. The van der Waals surface area contributed by atoms with E-state index in [1.54, 1.807) is 25.4 Å². The Morgan fingerprint density at radius 2 is 1.85 bits per heavy atom. The fourth-order valence-corrected chi connectivity index (χ4v) is 5.05. The van der Waals surface area contributed by atoms with E-state index >= 15 is 0 Å². The van der Waals surface area contributed by atoms with Crippen LogP contribution in [0.4, 0.5) is 4.79 Å². The first-order chi connectivity index (χ1) is 16.6. The van der Waals surface area contributed by atoms with Gasteiger partial charge in [0.2, 0.25) is 0 Å². The van der Waals surface area contributed by atoms with Crippen LogP contribution in [0.5, 0.6) is 5.75 Å². The van der Waals surface area contributed by atoms with Crippen molar-refractivity contribution in [3.8, 4) is 5.75 Å². The molecule has 2 aliphatic rings. The molecule has 0 radical (unpaired) electrons. The van der Waals surface area contributed by atoms with Gasteiger partial charge in [0.15, 0.2) is 0 Å². The molecule has 1 unspecified atom stereocenters. The summed E-state index contributed by atoms with van der Waals surface area (Å²) in [7, 11) is 1.60. The van der Waals surface area contributed by atoms with Gasteiger partial charge < -0.3 is 25.0 Å². The van der Waals surface area contributed by atoms with Gasteiger partial charge in [0.1, 0.15) is 5.75 Å². The van der Waals surface area contributed by atoms with Gasteiger partial charge in [-0.05, 0) is 42.5 Å². The number of ether oxygens (including phenoxy) is 2. The Kier molecular flexibility index (Phi) is 8.21. The second kappa shape index (κ2) is 11.5. The van der Waals surface area contributed by atoms with Crippen LogP contribution in [0, 0.1) is 0 Å². The highest BCUT2D eigenvalue weighted by Crippen LogP contribution is 2.29. The van der Waals surface area contributed by atoms with Crippen molar-refractivity contribution in [3.05, 3.63) is 63.5 Å². The standard InChI is InChI=1S/C25H32N4O4S/c1-3-33-24(30)22-21(26-25(31)27-23(22)18-6-8-19(32-2)9-7-18)17-29-14-12-28(13-15-29)11-10-20-5-4-16-34-20/h4-9,16,23H,3,10-15,17H2,1-2H3,(H2,26,27,31). The van der Waals surface area contributed by atoms with E-state index in [9.17, 15) is 9.59 Å². The van der Waals surface area contributed by atoms with Crippen molar-refractivity contribution in [1.29, 1.82) is 0 Å². The molecule has 2 aliphatic heterocycles. The van der Waals surface area contributed by atoms with E-state index in [0.29, 0.717) is 23.6 Å². The lowest BCUT2D eigenvalue weighted by molar-refractivity contribution is -0.139. The minimum Gasteiger partial charge on any atom is -0.497 e. The summed E-state index contributed by atoms with van der Waals surface area (Å²) >= 11 is 1.80. The summed E-state index contributed by atoms with van der Waals surface area (Å²) in [6, 6.07) is 10.7. The molecule has 2 amide bonds. The third-order valence-electron chi connectivity index (χ3n) is 6.20. The van der Waals surface area contributed by atoms with Crippen LogP contribution in [-0.4, -0.2) is 74.8 Å². The van der Waals surface area contributed by atoms with Crippen LogP contribution in [0.2, 0.25) is 0 Å². The van der Waals surface area contributed by atoms with Gasteiger partial charge in [0.25, 0.3) is 0 Å². The Labute approximate surface area is 204 Å². The minimum atomic E-state index is -0.583. The number of benzene rings is 1. The fourth-order valence-electron chi connectivity index (χ4n) is 4.36. The average Bonchev–Trinajstić information content (AvgIpc) is 3.37. The number of piperazine rings is 1. The van der Waals surface area contributed by atoms with Crippen LogP contribution in [0.15, 0.2) is 53.0 Å². The maximum atomic E-state index is 13.0. The number of rotatable bonds is 9. The molecule has 0 aliphatic carbocycles. The molecule has 1 saturated heterocycles. The SMILES string of the molecule is CCOC(=O)C1=C(CN2CCN(CCc3cccs3)CC2)NC(=O)NC1c1ccc(OC)cc1. The molecule has 0 bridgehead atoms. The van der Waals surface area contributed by atoms with Gasteiger partial charge in [-0.15, -0.1) is 11.3 Å². The Hall–Kier alpha value is -2.88. The number of carbonyl (C=O) groups is 2. The number of hydrogen-bond donors (Lipinski definition) is 2. The average molecular weight is 485 g/mol. The van der Waals surface area contributed by atoms with E-state index in [0.717, 1.165) is 44.7 Å². The van der Waals surface area contributed by atoms with Crippen molar-refractivity contribution in [3.63, 3.8) is 0 Å². The summed E-state index contributed by atoms with van der Waals surface area (Å²) in [6.45, 7) is 7.26. The number of nitrogens with zero attached hydrogens (tertiary/aromatic N) is 2. The van der Waals surface area contributed by atoms with Gasteiger partial charge >= 0.3 is 12.0 Å². The number of amides is 2. The lowest BCUT2D eigenvalue weighted by Crippen LogP contribution is -2.52. The molecule has 8 nitrogen and oxygen atoms in total. The molecule has 9 heteroatoms. The lowest BCUT2D eigenvalue weighted by atomic mass is 9.94. The minimum absolute atomic E-state index is 0.266. The summed E-state index contributed by atoms with van der Waals surface area (Å²) in [6.07, 6.45) is 1.07. The molecule has 2 aromatic rings. The monoisotopic (exact) mass is 484 g/mol. The molecule has 1 aromatic heterocycles. The van der Waals surface area contributed by atoms with Crippen LogP contribution < -0.4 is 15.4 Å². The Balaban J connectivity index is 1.47. The van der Waals surface area contributed by atoms with Crippen molar-refractivity contribution in [1.82, 2.24) is 20.4 Å². The molecule has 34 heavy (non-hydrogen) atoms. The molecule has 3 heterocycles. The van der Waals surface area contributed by atoms with Crippen LogP contribution in [-0.2, 0) is 16.0 Å². The van der Waals surface area contributed by atoms with Gasteiger partial charge in [0, 0.05) is 49.8 Å². The first kappa shape index (κ1) is 24.3. The molecule has 0 spiro atoms. The van der Waals surface area contributed by atoms with Crippen molar-refractivity contribution in [2.45, 2.75) is 19.4 Å². The third kappa shape index (κ3) is 5.97. The molecule has 4 rings (SSSR count). The number of esters is 1. The van der Waals surface area contributed by atoms with Gasteiger partial charge in [-0.2, -0.15) is 0 Å². The number of nitrogens with one attached hydrogen (secondary N) is 2. The Bertz CT molecular complexity index is 998. The summed E-state index contributed by atoms with van der Waals surface area (Å²) in [5, 5.41) is 7.89. The molecular formula is C25H32N4O4S. The van der Waals surface area contributed by atoms with E-state index in [4.69, 9.17) is 9.47 Å². The van der Waals surface area contributed by atoms with Crippen molar-refractivity contribution >= 4 is 23.3 Å². The highest BCUT2D eigenvalue weighted by Gasteiger charge is 2.34. The van der Waals surface area contributed by atoms with E-state index in [1.165, 1.54) is 4.88 Å². The zero-order chi connectivity index (χ0) is 23.9. The van der Waals surface area contributed by atoms with Gasteiger partial charge in [-0.1, -0.05) is 18.2 Å². The third-order valence-corrected chi connectivity index (χ3v) is 7.14. The van der Waals surface area contributed by atoms with Crippen LogP contribution in [0.25, 0.3) is 0 Å². The molecular weight excluding hydrogens is 452 g/mol. The summed E-state index contributed by atoms with van der Waals surface area (Å²) < 4.78 is 10.6. The van der Waals surface area contributed by atoms with E-state index in [-0.39, 0.29) is 12.6 Å². The predicted octanol–water partition coefficient (Wildman–Crippen LogP) is 2.79. The molecule has 0 saturated carbocycles. The topological polar surface area (TPSA) is 83.1 Å². The van der Waals surface area contributed by atoms with E-state index in [1.807, 2.05) is 24.3 Å². The second-order valence-corrected chi connectivity index (χ2v) is 9.40. The van der Waals surface area contributed by atoms with Crippen LogP contribution >= 0.6 is 11.3 Å². The highest BCUT2D eigenvalue weighted by molar-refractivity contribution is 7.09. The predicted molar refractivity (Wildman–Crippen MR) is 132 cm³/mol. The Morgan fingerprint density at radius 1 is 1.12 bits per heavy atom. The van der Waals surface area contributed by atoms with Gasteiger partial charge in [-0.25, -0.2) is 9.59 Å². The molecule has 2 N–H and O–H groups in total. The summed E-state index contributed by atoms with van der Waals surface area (Å²) in [5.74, 6) is 0.295. The quantitative estimate of drug-likeness (QED) is 0.533. The number of thiophene rings is 1. The largest absolute Gasteiger partial charge is 0.497 e. The smallest absolute Gasteiger partial charge is 0.338 e. The fraction of sp³-hybridized carbons (Fsp3) is 0.440. The first-order valence-corrected chi connectivity index (χ1v) is 12.5. The van der Waals surface area contributed by atoms with Crippen molar-refractivity contribution in [2.24, 2.45) is 0 Å². The number of methoxy groups -OCH3 is 1. The van der Waals surface area contributed by atoms with E-state index < -0.39 is 12.0 Å². The maximum absolute atomic E-state index is 13.0. The maximum Gasteiger partial charge on any atom is 0.338 e. The zero-order valence-electron chi connectivity index (χ0n) is 19.7. The van der Waals surface area contributed by atoms with Gasteiger partial charge in [0.05, 0.1) is 25.3 Å². The van der Waals surface area contributed by atoms with Crippen LogP contribution in [0.1, 0.15) is 23.4 Å². The number of urea groups is 1. The first-order valence-electron chi connectivity index (χ1n) is 11.7. The number of carbonyl (C=O) groups excluding carboxylic acids is 2. The van der Waals surface area contributed by atoms with Crippen LogP contribution in [0.3, 0.4) is 0 Å². The number of hydrogen-bond acceptors (Lipinski definition) is 7. The lowest BCUT2D eigenvalue weighted by Gasteiger charge is -2.37. The summed E-state index contributed by atoms with van der Waals surface area (Å²) in [4.78, 5) is 31.7. The summed E-state index contributed by atoms with van der Waals surface area (Å²) in [5.41, 5.74) is 1.86. The second-order valence-electron chi connectivity index (χ2n) is 8.36. The molecule has 1 fully saturated rings. The van der Waals surface area contributed by atoms with Crippen molar-refractivity contribution < 1.29 is 19.1 Å². The molecule has 1 aromatic carbocycles. The zero-order valence-corrected chi connectivity index (χ0v) is 20.5. The molecule has 182 valence electrons. The molecule has 1 atom stereocenters. The highest BCUT2D eigenvalue weighted by atomic mass is 32.1. The van der Waals surface area contributed by atoms with Gasteiger partial charge in [-0.3, -0.25) is 4.90 Å².